The van der Waals surface area contributed by atoms with E-state index in [1.54, 1.807) is 18.3 Å². The van der Waals surface area contributed by atoms with Gasteiger partial charge in [0.15, 0.2) is 11.5 Å². The molecule has 5 aromatic rings. The molecule has 184 valence electrons. The minimum atomic E-state index is -0.390. The van der Waals surface area contributed by atoms with E-state index in [9.17, 15) is 4.79 Å². The topological polar surface area (TPSA) is 80.6 Å². The fraction of sp³-hybridized carbons (Fsp3) is 0.133. The molecule has 3 aromatic carbocycles. The van der Waals surface area contributed by atoms with Crippen LogP contribution in [0.3, 0.4) is 0 Å². The van der Waals surface area contributed by atoms with Gasteiger partial charge in [0.25, 0.3) is 5.91 Å². The highest BCUT2D eigenvalue weighted by Crippen LogP contribution is 2.45. The third-order valence-corrected chi connectivity index (χ3v) is 6.56. The Morgan fingerprint density at radius 2 is 1.73 bits per heavy atom. The molecule has 1 unspecified atom stereocenters. The SMILES string of the molecule is COc1cc(C2c3c(-c4ccccc4)n[nH]c3C(=O)N2Cc2ccco2)ccc1OCc1ccccc1. The molecular weight excluding hydrogens is 466 g/mol. The molecule has 6 rings (SSSR count). The number of aromatic amines is 1. The smallest absolute Gasteiger partial charge is 0.273 e. The van der Waals surface area contributed by atoms with Gasteiger partial charge in [-0.1, -0.05) is 66.7 Å². The average Bonchev–Trinajstić information content (AvgIpc) is 3.68. The summed E-state index contributed by atoms with van der Waals surface area (Å²) in [5.41, 5.74) is 4.96. The van der Waals surface area contributed by atoms with Gasteiger partial charge in [-0.2, -0.15) is 5.10 Å². The molecule has 7 nitrogen and oxygen atoms in total. The first-order chi connectivity index (χ1) is 18.2. The van der Waals surface area contributed by atoms with Crippen molar-refractivity contribution in [2.24, 2.45) is 0 Å². The molecule has 0 spiro atoms. The lowest BCUT2D eigenvalue weighted by atomic mass is 9.95. The van der Waals surface area contributed by atoms with Gasteiger partial charge in [0, 0.05) is 11.1 Å². The van der Waals surface area contributed by atoms with Crippen molar-refractivity contribution in [3.05, 3.63) is 125 Å². The second-order valence-corrected chi connectivity index (χ2v) is 8.83. The molecule has 0 radical (unpaired) electrons. The molecule has 0 bridgehead atoms. The minimum Gasteiger partial charge on any atom is -0.493 e. The number of ether oxygens (including phenoxy) is 2. The summed E-state index contributed by atoms with van der Waals surface area (Å²) in [6.07, 6.45) is 1.61. The molecule has 37 heavy (non-hydrogen) atoms. The number of carbonyl (C=O) groups is 1. The standard InChI is InChI=1S/C30H25N3O4/c1-35-25-17-22(14-15-24(25)37-19-20-9-4-2-5-10-20)29-26-27(21-11-6-3-7-12-21)31-32-28(26)30(34)33(29)18-23-13-8-16-36-23/h2-17,29H,18-19H2,1H3,(H,31,32). The molecule has 1 atom stereocenters. The Bertz CT molecular complexity index is 1510. The van der Waals surface area contributed by atoms with Crippen LogP contribution in [0, 0.1) is 0 Å². The van der Waals surface area contributed by atoms with Crippen molar-refractivity contribution in [1.29, 1.82) is 0 Å². The highest BCUT2D eigenvalue weighted by Gasteiger charge is 2.42. The number of carbonyl (C=O) groups excluding carboxylic acids is 1. The van der Waals surface area contributed by atoms with Crippen LogP contribution in [0.5, 0.6) is 11.5 Å². The van der Waals surface area contributed by atoms with Crippen LogP contribution in [-0.4, -0.2) is 28.1 Å². The maximum absolute atomic E-state index is 13.6. The molecule has 1 aliphatic heterocycles. The summed E-state index contributed by atoms with van der Waals surface area (Å²) in [5, 5.41) is 7.53. The molecule has 3 heterocycles. The molecule has 1 aliphatic rings. The third kappa shape index (κ3) is 4.25. The zero-order valence-electron chi connectivity index (χ0n) is 20.3. The van der Waals surface area contributed by atoms with E-state index in [1.165, 1.54) is 0 Å². The van der Waals surface area contributed by atoms with Crippen LogP contribution in [0.1, 0.15) is 39.0 Å². The van der Waals surface area contributed by atoms with E-state index < -0.39 is 6.04 Å². The number of fused-ring (bicyclic) bond motifs is 1. The van der Waals surface area contributed by atoms with Crippen LogP contribution in [-0.2, 0) is 13.2 Å². The van der Waals surface area contributed by atoms with E-state index in [0.717, 1.165) is 27.9 Å². The molecule has 1 amide bonds. The predicted octanol–water partition coefficient (Wildman–Crippen LogP) is 6.00. The van der Waals surface area contributed by atoms with Crippen molar-refractivity contribution < 1.29 is 18.7 Å². The predicted molar refractivity (Wildman–Crippen MR) is 138 cm³/mol. The fourth-order valence-electron chi connectivity index (χ4n) is 4.80. The number of furan rings is 1. The molecule has 0 saturated heterocycles. The van der Waals surface area contributed by atoms with E-state index in [4.69, 9.17) is 13.9 Å². The second kappa shape index (κ2) is 9.70. The second-order valence-electron chi connectivity index (χ2n) is 8.83. The Morgan fingerprint density at radius 1 is 0.946 bits per heavy atom. The summed E-state index contributed by atoms with van der Waals surface area (Å²) in [7, 11) is 1.62. The van der Waals surface area contributed by atoms with E-state index in [0.29, 0.717) is 36.1 Å². The van der Waals surface area contributed by atoms with Crippen LogP contribution in [0.2, 0.25) is 0 Å². The van der Waals surface area contributed by atoms with Gasteiger partial charge in [0.1, 0.15) is 18.1 Å². The zero-order valence-corrected chi connectivity index (χ0v) is 20.3. The maximum atomic E-state index is 13.6. The van der Waals surface area contributed by atoms with Gasteiger partial charge in [-0.3, -0.25) is 9.89 Å². The number of H-pyrrole nitrogens is 1. The normalized spacial score (nSPS) is 14.6. The summed E-state index contributed by atoms with van der Waals surface area (Å²) in [6, 6.07) is 29.0. The lowest BCUT2D eigenvalue weighted by Crippen LogP contribution is -2.29. The van der Waals surface area contributed by atoms with Crippen molar-refractivity contribution in [3.63, 3.8) is 0 Å². The van der Waals surface area contributed by atoms with Crippen LogP contribution < -0.4 is 9.47 Å². The lowest BCUT2D eigenvalue weighted by molar-refractivity contribution is 0.0716. The van der Waals surface area contributed by atoms with Gasteiger partial charge in [0.2, 0.25) is 0 Å². The number of amides is 1. The van der Waals surface area contributed by atoms with Crippen LogP contribution in [0.25, 0.3) is 11.3 Å². The largest absolute Gasteiger partial charge is 0.493 e. The number of nitrogens with one attached hydrogen (secondary N) is 1. The molecular formula is C30H25N3O4. The van der Waals surface area contributed by atoms with Crippen molar-refractivity contribution in [2.75, 3.05) is 7.11 Å². The Kier molecular flexibility index (Phi) is 5.94. The average molecular weight is 492 g/mol. The summed E-state index contributed by atoms with van der Waals surface area (Å²) < 4.78 is 17.4. The first kappa shape index (κ1) is 22.7. The quantitative estimate of drug-likeness (QED) is 0.288. The van der Waals surface area contributed by atoms with Gasteiger partial charge in [-0.05, 0) is 35.4 Å². The first-order valence-electron chi connectivity index (χ1n) is 12.0. The summed E-state index contributed by atoms with van der Waals surface area (Å²) in [5.74, 6) is 1.80. The molecule has 1 N–H and O–H groups in total. The lowest BCUT2D eigenvalue weighted by Gasteiger charge is -2.26. The maximum Gasteiger partial charge on any atom is 0.273 e. The van der Waals surface area contributed by atoms with Crippen LogP contribution in [0.4, 0.5) is 0 Å². The first-order valence-corrected chi connectivity index (χ1v) is 12.0. The third-order valence-electron chi connectivity index (χ3n) is 6.56. The Labute approximate surface area is 214 Å². The Balaban J connectivity index is 1.40. The van der Waals surface area contributed by atoms with E-state index >= 15 is 0 Å². The van der Waals surface area contributed by atoms with Crippen LogP contribution in [0.15, 0.2) is 102 Å². The molecule has 0 fully saturated rings. The zero-order chi connectivity index (χ0) is 25.2. The van der Waals surface area contributed by atoms with Gasteiger partial charge in [-0.25, -0.2) is 0 Å². The van der Waals surface area contributed by atoms with Crippen molar-refractivity contribution in [3.8, 4) is 22.8 Å². The van der Waals surface area contributed by atoms with Crippen molar-refractivity contribution >= 4 is 5.91 Å². The van der Waals surface area contributed by atoms with E-state index in [2.05, 4.69) is 10.2 Å². The van der Waals surface area contributed by atoms with Crippen molar-refractivity contribution in [2.45, 2.75) is 19.2 Å². The fourth-order valence-corrected chi connectivity index (χ4v) is 4.80. The number of hydrogen-bond acceptors (Lipinski definition) is 5. The summed E-state index contributed by atoms with van der Waals surface area (Å²) in [4.78, 5) is 15.4. The van der Waals surface area contributed by atoms with Gasteiger partial charge in [-0.15, -0.1) is 0 Å². The number of hydrogen-bond donors (Lipinski definition) is 1. The highest BCUT2D eigenvalue weighted by atomic mass is 16.5. The number of methoxy groups -OCH3 is 1. The molecule has 0 aliphatic carbocycles. The van der Waals surface area contributed by atoms with E-state index in [-0.39, 0.29) is 5.91 Å². The van der Waals surface area contributed by atoms with Gasteiger partial charge in [0.05, 0.1) is 31.7 Å². The summed E-state index contributed by atoms with van der Waals surface area (Å²) in [6.45, 7) is 0.745. The van der Waals surface area contributed by atoms with Gasteiger partial charge < -0.3 is 18.8 Å². The molecule has 2 aromatic heterocycles. The summed E-state index contributed by atoms with van der Waals surface area (Å²) >= 11 is 0. The van der Waals surface area contributed by atoms with Crippen molar-refractivity contribution in [1.82, 2.24) is 15.1 Å². The van der Waals surface area contributed by atoms with Gasteiger partial charge >= 0.3 is 0 Å². The Hall–Kier alpha value is -4.78. The highest BCUT2D eigenvalue weighted by molar-refractivity contribution is 6.00. The van der Waals surface area contributed by atoms with Crippen LogP contribution >= 0.6 is 0 Å². The number of benzene rings is 3. The minimum absolute atomic E-state index is 0.130. The number of rotatable bonds is 8. The monoisotopic (exact) mass is 491 g/mol. The van der Waals surface area contributed by atoms with E-state index in [1.807, 2.05) is 91.0 Å². The number of aromatic nitrogens is 2. The number of nitrogens with zero attached hydrogens (tertiary/aromatic N) is 2. The Morgan fingerprint density at radius 3 is 2.46 bits per heavy atom. The molecule has 0 saturated carbocycles. The molecule has 7 heteroatoms.